The van der Waals surface area contributed by atoms with Crippen molar-refractivity contribution >= 4 is 0 Å². The Labute approximate surface area is 88.2 Å². The topological polar surface area (TPSA) is 33.4 Å². The van der Waals surface area contributed by atoms with Crippen LogP contribution in [0.4, 0.5) is 0 Å². The third-order valence-corrected chi connectivity index (χ3v) is 2.25. The molecule has 1 heterocycles. The van der Waals surface area contributed by atoms with Gasteiger partial charge in [-0.25, -0.2) is 0 Å². The van der Waals surface area contributed by atoms with E-state index in [0.717, 1.165) is 16.7 Å². The molecule has 1 aromatic carbocycles. The Bertz CT molecular complexity index is 477. The van der Waals surface area contributed by atoms with E-state index in [-0.39, 0.29) is 0 Å². The van der Waals surface area contributed by atoms with Crippen LogP contribution in [0.25, 0.3) is 11.1 Å². The zero-order valence-electron chi connectivity index (χ0n) is 8.05. The summed E-state index contributed by atoms with van der Waals surface area (Å²) in [5, 5.41) is 9.64. The molecule has 0 bridgehead atoms. The summed E-state index contributed by atoms with van der Waals surface area (Å²) >= 11 is 0. The first-order chi connectivity index (χ1) is 7.33. The molecule has 0 saturated carbocycles. The van der Waals surface area contributed by atoms with Gasteiger partial charge in [-0.2, -0.15) is 0 Å². The number of benzene rings is 1. The second-order valence-electron chi connectivity index (χ2n) is 3.17. The van der Waals surface area contributed by atoms with Crippen molar-refractivity contribution in [1.29, 1.82) is 0 Å². The molecule has 0 aliphatic rings. The lowest BCUT2D eigenvalue weighted by molar-refractivity contribution is 0.239. The molecule has 0 amide bonds. The molecular formula is C13H10O2. The molecule has 0 aliphatic heterocycles. The molecule has 1 atom stereocenters. The fourth-order valence-corrected chi connectivity index (χ4v) is 1.51. The largest absolute Gasteiger partial charge is 0.472 e. The predicted octanol–water partition coefficient (Wildman–Crippen LogP) is 2.61. The van der Waals surface area contributed by atoms with Gasteiger partial charge in [-0.15, -0.1) is 6.42 Å². The van der Waals surface area contributed by atoms with E-state index in [1.807, 2.05) is 30.3 Å². The minimum atomic E-state index is -0.879. The first-order valence-corrected chi connectivity index (χ1v) is 4.58. The third kappa shape index (κ3) is 1.78. The molecule has 0 fully saturated rings. The van der Waals surface area contributed by atoms with E-state index in [1.165, 1.54) is 0 Å². The van der Waals surface area contributed by atoms with Gasteiger partial charge in [-0.05, 0) is 11.6 Å². The summed E-state index contributed by atoms with van der Waals surface area (Å²) in [5.74, 6) is 2.31. The van der Waals surface area contributed by atoms with Crippen molar-refractivity contribution in [3.63, 3.8) is 0 Å². The Morgan fingerprint density at radius 2 is 2.07 bits per heavy atom. The normalized spacial score (nSPS) is 12.0. The van der Waals surface area contributed by atoms with Crippen molar-refractivity contribution in [3.8, 4) is 23.5 Å². The van der Waals surface area contributed by atoms with E-state index in [2.05, 4.69) is 5.92 Å². The summed E-state index contributed by atoms with van der Waals surface area (Å²) in [5.41, 5.74) is 2.54. The van der Waals surface area contributed by atoms with E-state index >= 15 is 0 Å². The van der Waals surface area contributed by atoms with E-state index in [4.69, 9.17) is 10.8 Å². The molecule has 0 saturated heterocycles. The highest BCUT2D eigenvalue weighted by Crippen LogP contribution is 2.28. The SMILES string of the molecule is C#CC(O)c1ccccc1-c1ccoc1. The average molecular weight is 198 g/mol. The molecular weight excluding hydrogens is 188 g/mol. The highest BCUT2D eigenvalue weighted by Gasteiger charge is 2.10. The predicted molar refractivity (Wildman–Crippen MR) is 57.9 cm³/mol. The molecule has 2 heteroatoms. The van der Waals surface area contributed by atoms with E-state index in [9.17, 15) is 5.11 Å². The van der Waals surface area contributed by atoms with Gasteiger partial charge in [-0.1, -0.05) is 30.2 Å². The zero-order valence-corrected chi connectivity index (χ0v) is 8.05. The van der Waals surface area contributed by atoms with Crippen LogP contribution in [0, 0.1) is 12.3 Å². The summed E-state index contributed by atoms with van der Waals surface area (Å²) in [6.07, 6.45) is 7.54. The smallest absolute Gasteiger partial charge is 0.140 e. The second-order valence-corrected chi connectivity index (χ2v) is 3.17. The summed E-state index contributed by atoms with van der Waals surface area (Å²) in [6, 6.07) is 9.30. The van der Waals surface area contributed by atoms with Gasteiger partial charge >= 0.3 is 0 Å². The van der Waals surface area contributed by atoms with Crippen molar-refractivity contribution in [1.82, 2.24) is 0 Å². The minimum Gasteiger partial charge on any atom is -0.472 e. The van der Waals surface area contributed by atoms with Crippen LogP contribution in [-0.4, -0.2) is 5.11 Å². The van der Waals surface area contributed by atoms with E-state index in [1.54, 1.807) is 12.5 Å². The van der Waals surface area contributed by atoms with E-state index in [0.29, 0.717) is 0 Å². The van der Waals surface area contributed by atoms with Gasteiger partial charge in [0, 0.05) is 11.1 Å². The van der Waals surface area contributed by atoms with Gasteiger partial charge in [0.1, 0.15) is 6.10 Å². The van der Waals surface area contributed by atoms with Crippen molar-refractivity contribution in [2.75, 3.05) is 0 Å². The molecule has 2 rings (SSSR count). The fourth-order valence-electron chi connectivity index (χ4n) is 1.51. The van der Waals surface area contributed by atoms with Crippen LogP contribution in [0.2, 0.25) is 0 Å². The first-order valence-electron chi connectivity index (χ1n) is 4.58. The van der Waals surface area contributed by atoms with Crippen molar-refractivity contribution in [2.45, 2.75) is 6.10 Å². The molecule has 1 aromatic heterocycles. The number of aliphatic hydroxyl groups is 1. The minimum absolute atomic E-state index is 0.724. The second kappa shape index (κ2) is 4.04. The van der Waals surface area contributed by atoms with E-state index < -0.39 is 6.10 Å². The van der Waals surface area contributed by atoms with Crippen molar-refractivity contribution in [3.05, 3.63) is 48.4 Å². The molecule has 74 valence electrons. The Morgan fingerprint density at radius 3 is 2.73 bits per heavy atom. The van der Waals surface area contributed by atoms with Crippen LogP contribution < -0.4 is 0 Å². The highest BCUT2D eigenvalue weighted by molar-refractivity contribution is 5.67. The first kappa shape index (κ1) is 9.57. The maximum Gasteiger partial charge on any atom is 0.140 e. The highest BCUT2D eigenvalue weighted by atomic mass is 16.3. The lowest BCUT2D eigenvalue weighted by Gasteiger charge is -2.09. The summed E-state index contributed by atoms with van der Waals surface area (Å²) in [4.78, 5) is 0. The number of hydrogen-bond donors (Lipinski definition) is 1. The van der Waals surface area contributed by atoms with Gasteiger partial charge in [0.2, 0.25) is 0 Å². The maximum absolute atomic E-state index is 9.64. The summed E-state index contributed by atoms with van der Waals surface area (Å²) in [7, 11) is 0. The van der Waals surface area contributed by atoms with Gasteiger partial charge in [0.05, 0.1) is 12.5 Å². The van der Waals surface area contributed by atoms with Crippen LogP contribution in [0.15, 0.2) is 47.3 Å². The number of furan rings is 1. The van der Waals surface area contributed by atoms with Crippen molar-refractivity contribution < 1.29 is 9.52 Å². The molecule has 2 aromatic rings. The van der Waals surface area contributed by atoms with Crippen molar-refractivity contribution in [2.24, 2.45) is 0 Å². The standard InChI is InChI=1S/C13H10O2/c1-2-13(14)12-6-4-3-5-11(12)10-7-8-15-9-10/h1,3-9,13-14H. The molecule has 0 spiro atoms. The Kier molecular flexibility index (Phi) is 2.57. The maximum atomic E-state index is 9.64. The monoisotopic (exact) mass is 198 g/mol. The number of rotatable bonds is 2. The Balaban J connectivity index is 2.53. The van der Waals surface area contributed by atoms with Crippen LogP contribution in [0.3, 0.4) is 0 Å². The number of aliphatic hydroxyl groups excluding tert-OH is 1. The van der Waals surface area contributed by atoms with Gasteiger partial charge in [0.25, 0.3) is 0 Å². The number of hydrogen-bond acceptors (Lipinski definition) is 2. The molecule has 0 radical (unpaired) electrons. The van der Waals surface area contributed by atoms with Crippen LogP contribution in [0.5, 0.6) is 0 Å². The fraction of sp³-hybridized carbons (Fsp3) is 0.0769. The zero-order chi connectivity index (χ0) is 10.7. The molecule has 1 N–H and O–H groups in total. The third-order valence-electron chi connectivity index (χ3n) is 2.25. The summed E-state index contributed by atoms with van der Waals surface area (Å²) < 4.78 is 5.00. The summed E-state index contributed by atoms with van der Waals surface area (Å²) in [6.45, 7) is 0. The quantitative estimate of drug-likeness (QED) is 0.752. The number of terminal acetylenes is 1. The molecule has 15 heavy (non-hydrogen) atoms. The molecule has 2 nitrogen and oxygen atoms in total. The average Bonchev–Trinajstić information content (AvgIpc) is 2.81. The van der Waals surface area contributed by atoms with Gasteiger partial charge in [-0.3, -0.25) is 0 Å². The Hall–Kier alpha value is -1.98. The van der Waals surface area contributed by atoms with Crippen LogP contribution in [0.1, 0.15) is 11.7 Å². The molecule has 1 unspecified atom stereocenters. The lowest BCUT2D eigenvalue weighted by atomic mass is 9.98. The lowest BCUT2D eigenvalue weighted by Crippen LogP contribution is -1.95. The van der Waals surface area contributed by atoms with Crippen LogP contribution >= 0.6 is 0 Å². The molecule has 0 aliphatic carbocycles. The van der Waals surface area contributed by atoms with Gasteiger partial charge in [0.15, 0.2) is 0 Å². The van der Waals surface area contributed by atoms with Gasteiger partial charge < -0.3 is 9.52 Å². The Morgan fingerprint density at radius 1 is 1.27 bits per heavy atom. The van der Waals surface area contributed by atoms with Crippen LogP contribution in [-0.2, 0) is 0 Å².